The van der Waals surface area contributed by atoms with E-state index in [0.717, 1.165) is 32.1 Å². The maximum absolute atomic E-state index is 11.9. The number of carbonyl (C=O) groups is 2. The van der Waals surface area contributed by atoms with Crippen molar-refractivity contribution in [2.24, 2.45) is 11.8 Å². The van der Waals surface area contributed by atoms with Crippen LogP contribution in [0, 0.1) is 11.8 Å². The van der Waals surface area contributed by atoms with Crippen molar-refractivity contribution in [3.8, 4) is 0 Å². The third-order valence-electron chi connectivity index (χ3n) is 5.36. The van der Waals surface area contributed by atoms with Crippen LogP contribution in [0.4, 0.5) is 0 Å². The van der Waals surface area contributed by atoms with Crippen LogP contribution < -0.4 is 0 Å². The van der Waals surface area contributed by atoms with Gasteiger partial charge in [0, 0.05) is 18.4 Å². The van der Waals surface area contributed by atoms with Crippen LogP contribution in [0.15, 0.2) is 12.2 Å². The van der Waals surface area contributed by atoms with Crippen LogP contribution in [0.1, 0.15) is 39.0 Å². The van der Waals surface area contributed by atoms with Gasteiger partial charge in [0.2, 0.25) is 0 Å². The fourth-order valence-electron chi connectivity index (χ4n) is 3.89. The van der Waals surface area contributed by atoms with Crippen molar-refractivity contribution in [2.45, 2.75) is 56.8 Å². The van der Waals surface area contributed by atoms with Crippen LogP contribution >= 0.6 is 0 Å². The van der Waals surface area contributed by atoms with Gasteiger partial charge in [-0.05, 0) is 38.0 Å². The van der Waals surface area contributed by atoms with E-state index in [1.807, 2.05) is 0 Å². The third-order valence-corrected chi connectivity index (χ3v) is 5.36. The zero-order valence-electron chi connectivity index (χ0n) is 13.5. The molecular formula is C17H24O6. The first-order chi connectivity index (χ1) is 11.0. The Labute approximate surface area is 135 Å². The second-order valence-corrected chi connectivity index (χ2v) is 6.90. The molecule has 0 aromatic carbocycles. The van der Waals surface area contributed by atoms with E-state index >= 15 is 0 Å². The van der Waals surface area contributed by atoms with Crippen molar-refractivity contribution in [1.82, 2.24) is 0 Å². The lowest BCUT2D eigenvalue weighted by molar-refractivity contribution is -0.143. The van der Waals surface area contributed by atoms with E-state index in [1.165, 1.54) is 6.92 Å². The minimum absolute atomic E-state index is 0.0699. The lowest BCUT2D eigenvalue weighted by Gasteiger charge is -2.24. The van der Waals surface area contributed by atoms with Gasteiger partial charge in [-0.15, -0.1) is 0 Å². The summed E-state index contributed by atoms with van der Waals surface area (Å²) in [6, 6.07) is 0. The molecule has 0 amide bonds. The average molecular weight is 324 g/mol. The summed E-state index contributed by atoms with van der Waals surface area (Å²) in [5, 5.41) is 9.71. The molecule has 3 fully saturated rings. The highest BCUT2D eigenvalue weighted by molar-refractivity contribution is 5.91. The SMILES string of the molecule is C=C1C(=O)OC2[C@H]3O[C@@]3(CO)CCC[C@H](COC(C)=O)CC[C@@H]12. The van der Waals surface area contributed by atoms with Gasteiger partial charge in [0.15, 0.2) is 0 Å². The van der Waals surface area contributed by atoms with E-state index in [-0.39, 0.29) is 42.6 Å². The summed E-state index contributed by atoms with van der Waals surface area (Å²) in [5.41, 5.74) is -0.0962. The Bertz CT molecular complexity index is 515. The molecule has 23 heavy (non-hydrogen) atoms. The number of ether oxygens (including phenoxy) is 3. The second-order valence-electron chi connectivity index (χ2n) is 6.90. The lowest BCUT2D eigenvalue weighted by atomic mass is 9.81. The Morgan fingerprint density at radius 2 is 2.22 bits per heavy atom. The standard InChI is InChI=1S/C17H24O6/c1-10-13-6-5-12(8-21-11(2)19)4-3-7-17(9-18)15(23-17)14(13)22-16(10)20/h12-15,18H,1,3-9H2,2H3/t12-,13-,14?,15+,17+/m0/s1. The number of fused-ring (bicyclic) bond motifs is 3. The Balaban J connectivity index is 1.73. The second kappa shape index (κ2) is 6.24. The molecule has 6 heteroatoms. The molecule has 1 aliphatic carbocycles. The highest BCUT2D eigenvalue weighted by atomic mass is 16.7. The molecule has 0 bridgehead atoms. The average Bonchev–Trinajstić information content (AvgIpc) is 3.17. The van der Waals surface area contributed by atoms with E-state index in [4.69, 9.17) is 14.2 Å². The van der Waals surface area contributed by atoms with E-state index in [0.29, 0.717) is 12.2 Å². The lowest BCUT2D eigenvalue weighted by Crippen LogP contribution is -2.33. The van der Waals surface area contributed by atoms with Crippen LogP contribution in [0.25, 0.3) is 0 Å². The van der Waals surface area contributed by atoms with Gasteiger partial charge in [0.1, 0.15) is 17.8 Å². The molecule has 0 aromatic rings. The molecule has 0 aromatic heterocycles. The minimum Gasteiger partial charge on any atom is -0.466 e. The number of hydrogen-bond donors (Lipinski definition) is 1. The third kappa shape index (κ3) is 3.15. The Morgan fingerprint density at radius 1 is 1.43 bits per heavy atom. The molecule has 1 N–H and O–H groups in total. The van der Waals surface area contributed by atoms with Crippen molar-refractivity contribution in [1.29, 1.82) is 0 Å². The number of aliphatic hydroxyl groups is 1. The van der Waals surface area contributed by atoms with Crippen LogP contribution in [-0.2, 0) is 23.8 Å². The van der Waals surface area contributed by atoms with Crippen molar-refractivity contribution in [3.63, 3.8) is 0 Å². The first-order valence-corrected chi connectivity index (χ1v) is 8.28. The fourth-order valence-corrected chi connectivity index (χ4v) is 3.89. The highest BCUT2D eigenvalue weighted by Gasteiger charge is 2.64. The Morgan fingerprint density at radius 3 is 2.91 bits per heavy atom. The van der Waals surface area contributed by atoms with E-state index in [1.54, 1.807) is 0 Å². The van der Waals surface area contributed by atoms with Crippen molar-refractivity contribution in [2.75, 3.05) is 13.2 Å². The Kier molecular flexibility index (Phi) is 4.47. The summed E-state index contributed by atoms with van der Waals surface area (Å²) in [4.78, 5) is 22.9. The van der Waals surface area contributed by atoms with Gasteiger partial charge in [-0.1, -0.05) is 6.58 Å². The topological polar surface area (TPSA) is 85.4 Å². The molecule has 1 saturated carbocycles. The minimum atomic E-state index is -0.586. The number of hydrogen-bond acceptors (Lipinski definition) is 6. The zero-order chi connectivity index (χ0) is 16.6. The molecule has 2 aliphatic heterocycles. The van der Waals surface area contributed by atoms with Crippen molar-refractivity contribution in [3.05, 3.63) is 12.2 Å². The van der Waals surface area contributed by atoms with Crippen LogP contribution in [-0.4, -0.2) is 48.1 Å². The summed E-state index contributed by atoms with van der Waals surface area (Å²) >= 11 is 0. The van der Waals surface area contributed by atoms with Gasteiger partial charge in [0.05, 0.1) is 13.2 Å². The van der Waals surface area contributed by atoms with Crippen LogP contribution in [0.2, 0.25) is 0 Å². The molecule has 1 unspecified atom stereocenters. The molecule has 0 radical (unpaired) electrons. The monoisotopic (exact) mass is 324 g/mol. The van der Waals surface area contributed by atoms with Crippen molar-refractivity contribution < 1.29 is 28.9 Å². The summed E-state index contributed by atoms with van der Waals surface area (Å²) in [6.07, 6.45) is 3.53. The molecule has 2 heterocycles. The molecule has 5 atom stereocenters. The summed E-state index contributed by atoms with van der Waals surface area (Å²) in [5.74, 6) is -0.479. The Hall–Kier alpha value is -1.40. The number of esters is 2. The first kappa shape index (κ1) is 16.5. The molecule has 3 rings (SSSR count). The predicted octanol–water partition coefficient (Wildman–Crippen LogP) is 1.36. The van der Waals surface area contributed by atoms with E-state index in [9.17, 15) is 14.7 Å². The number of epoxide rings is 1. The maximum Gasteiger partial charge on any atom is 0.334 e. The molecule has 6 nitrogen and oxygen atoms in total. The van der Waals surface area contributed by atoms with E-state index in [2.05, 4.69) is 6.58 Å². The smallest absolute Gasteiger partial charge is 0.334 e. The maximum atomic E-state index is 11.9. The van der Waals surface area contributed by atoms with Gasteiger partial charge in [-0.25, -0.2) is 4.79 Å². The predicted molar refractivity (Wildman–Crippen MR) is 80.4 cm³/mol. The van der Waals surface area contributed by atoms with Crippen molar-refractivity contribution >= 4 is 11.9 Å². The molecular weight excluding hydrogens is 300 g/mol. The van der Waals surface area contributed by atoms with E-state index < -0.39 is 5.60 Å². The fraction of sp³-hybridized carbons (Fsp3) is 0.765. The molecule has 0 spiro atoms. The number of carbonyl (C=O) groups excluding carboxylic acids is 2. The summed E-state index contributed by atoms with van der Waals surface area (Å²) in [6.45, 7) is 5.60. The van der Waals surface area contributed by atoms with Gasteiger partial charge < -0.3 is 19.3 Å². The normalized spacial score (nSPS) is 39.9. The zero-order valence-corrected chi connectivity index (χ0v) is 13.5. The van der Waals surface area contributed by atoms with Gasteiger partial charge in [0.25, 0.3) is 0 Å². The van der Waals surface area contributed by atoms with Gasteiger partial charge in [-0.2, -0.15) is 0 Å². The first-order valence-electron chi connectivity index (χ1n) is 8.28. The number of rotatable bonds is 3. The molecule has 128 valence electrons. The largest absolute Gasteiger partial charge is 0.466 e. The quantitative estimate of drug-likeness (QED) is 0.479. The molecule has 2 saturated heterocycles. The van der Waals surface area contributed by atoms with Gasteiger partial charge in [-0.3, -0.25) is 4.79 Å². The van der Waals surface area contributed by atoms with Gasteiger partial charge >= 0.3 is 11.9 Å². The molecule has 3 aliphatic rings. The van der Waals surface area contributed by atoms with Crippen LogP contribution in [0.5, 0.6) is 0 Å². The summed E-state index contributed by atoms with van der Waals surface area (Å²) in [7, 11) is 0. The van der Waals surface area contributed by atoms with Crippen LogP contribution in [0.3, 0.4) is 0 Å². The summed E-state index contributed by atoms with van der Waals surface area (Å²) < 4.78 is 16.4. The highest BCUT2D eigenvalue weighted by Crippen LogP contribution is 2.50. The number of aliphatic hydroxyl groups excluding tert-OH is 1.